The van der Waals surface area contributed by atoms with Gasteiger partial charge in [0.05, 0.1) is 20.5 Å². The molecule has 1 atom stereocenters. The van der Waals surface area contributed by atoms with Gasteiger partial charge < -0.3 is 4.57 Å². The molecule has 2 nitrogen and oxygen atoms in total. The summed E-state index contributed by atoms with van der Waals surface area (Å²) in [6.45, 7) is 4.25. The number of hydrogen-bond donors (Lipinski definition) is 0. The summed E-state index contributed by atoms with van der Waals surface area (Å²) in [6, 6.07) is 3.59. The van der Waals surface area contributed by atoms with Gasteiger partial charge in [-0.1, -0.05) is 6.92 Å². The van der Waals surface area contributed by atoms with Crippen molar-refractivity contribution >= 4 is 57.0 Å². The highest BCUT2D eigenvalue weighted by molar-refractivity contribution is 14.1. The van der Waals surface area contributed by atoms with Gasteiger partial charge in [-0.3, -0.25) is 0 Å². The summed E-state index contributed by atoms with van der Waals surface area (Å²) in [6.07, 6.45) is 0. The van der Waals surface area contributed by atoms with Crippen LogP contribution < -0.4 is 0 Å². The molecule has 0 aliphatic rings. The van der Waals surface area contributed by atoms with E-state index in [4.69, 9.17) is 11.6 Å². The standard InChI is InChI=1S/C13H15ClFIN2S/c1-3-19-7-8(2)18-12-4-9(15)10(16)5-11(12)17-13(18)6-14/h4-5,8H,3,6-7H2,1-2H3. The molecule has 0 radical (unpaired) electrons. The Morgan fingerprint density at radius 3 is 2.89 bits per heavy atom. The second-order valence-corrected chi connectivity index (χ2v) is 7.04. The van der Waals surface area contributed by atoms with Crippen molar-refractivity contribution in [2.45, 2.75) is 25.8 Å². The van der Waals surface area contributed by atoms with Gasteiger partial charge in [0.1, 0.15) is 11.6 Å². The molecule has 1 aromatic carbocycles. The first-order valence-corrected chi connectivity index (χ1v) is 8.84. The average Bonchev–Trinajstić information content (AvgIpc) is 2.74. The number of nitrogens with zero attached hydrogens (tertiary/aromatic N) is 2. The first kappa shape index (κ1) is 15.4. The molecule has 2 aromatic rings. The number of benzene rings is 1. The number of rotatable bonds is 5. The first-order chi connectivity index (χ1) is 9.08. The van der Waals surface area contributed by atoms with E-state index in [0.717, 1.165) is 28.4 Å². The fraction of sp³-hybridized carbons (Fsp3) is 0.462. The van der Waals surface area contributed by atoms with E-state index in [0.29, 0.717) is 9.45 Å². The average molecular weight is 413 g/mol. The van der Waals surface area contributed by atoms with E-state index in [1.807, 2.05) is 34.4 Å². The zero-order chi connectivity index (χ0) is 14.0. The predicted octanol–water partition coefficient (Wildman–Crippen LogP) is 4.83. The van der Waals surface area contributed by atoms with Crippen molar-refractivity contribution < 1.29 is 4.39 Å². The van der Waals surface area contributed by atoms with Crippen LogP contribution in [0.1, 0.15) is 25.7 Å². The highest BCUT2D eigenvalue weighted by Crippen LogP contribution is 2.27. The Morgan fingerprint density at radius 1 is 1.53 bits per heavy atom. The van der Waals surface area contributed by atoms with Gasteiger partial charge in [-0.2, -0.15) is 11.8 Å². The topological polar surface area (TPSA) is 17.8 Å². The minimum absolute atomic E-state index is 0.203. The van der Waals surface area contributed by atoms with Crippen LogP contribution in [0.3, 0.4) is 0 Å². The fourth-order valence-electron chi connectivity index (χ4n) is 2.09. The van der Waals surface area contributed by atoms with Crippen LogP contribution in [-0.4, -0.2) is 21.1 Å². The van der Waals surface area contributed by atoms with E-state index in [9.17, 15) is 4.39 Å². The van der Waals surface area contributed by atoms with Crippen LogP contribution in [0.15, 0.2) is 12.1 Å². The lowest BCUT2D eigenvalue weighted by molar-refractivity contribution is 0.598. The molecular weight excluding hydrogens is 398 g/mol. The summed E-state index contributed by atoms with van der Waals surface area (Å²) in [4.78, 5) is 4.51. The van der Waals surface area contributed by atoms with Crippen LogP contribution in [0.2, 0.25) is 0 Å². The van der Waals surface area contributed by atoms with Crippen LogP contribution >= 0.6 is 46.0 Å². The molecule has 0 spiro atoms. The molecule has 0 aliphatic heterocycles. The normalized spacial score (nSPS) is 13.1. The maximum Gasteiger partial charge on any atom is 0.138 e. The van der Waals surface area contributed by atoms with E-state index in [-0.39, 0.29) is 11.9 Å². The molecular formula is C13H15ClFIN2S. The maximum atomic E-state index is 13.8. The quantitative estimate of drug-likeness (QED) is 0.517. The van der Waals surface area contributed by atoms with Gasteiger partial charge in [0.2, 0.25) is 0 Å². The molecule has 0 saturated carbocycles. The number of thioether (sulfide) groups is 1. The van der Waals surface area contributed by atoms with Crippen molar-refractivity contribution in [1.82, 2.24) is 9.55 Å². The Hall–Kier alpha value is -0.0100. The Labute approximate surface area is 135 Å². The number of fused-ring (bicyclic) bond motifs is 1. The largest absolute Gasteiger partial charge is 0.323 e. The van der Waals surface area contributed by atoms with Crippen molar-refractivity contribution in [3.63, 3.8) is 0 Å². The van der Waals surface area contributed by atoms with Gasteiger partial charge in [0, 0.05) is 17.9 Å². The molecule has 6 heteroatoms. The lowest BCUT2D eigenvalue weighted by atomic mass is 10.3. The molecule has 0 fully saturated rings. The van der Waals surface area contributed by atoms with Crippen LogP contribution in [0.5, 0.6) is 0 Å². The Kier molecular flexibility index (Phi) is 5.37. The second-order valence-electron chi connectivity index (χ2n) is 4.30. The van der Waals surface area contributed by atoms with E-state index < -0.39 is 0 Å². The number of halogens is 3. The van der Waals surface area contributed by atoms with E-state index in [1.165, 1.54) is 0 Å². The summed E-state index contributed by atoms with van der Waals surface area (Å²) < 4.78 is 16.4. The van der Waals surface area contributed by atoms with Gasteiger partial charge >= 0.3 is 0 Å². The third-order valence-corrected chi connectivity index (χ3v) is 5.12. The van der Waals surface area contributed by atoms with Gasteiger partial charge in [0.25, 0.3) is 0 Å². The van der Waals surface area contributed by atoms with E-state index in [1.54, 1.807) is 12.1 Å². The smallest absolute Gasteiger partial charge is 0.138 e. The molecule has 0 aliphatic carbocycles. The monoisotopic (exact) mass is 412 g/mol. The molecule has 1 unspecified atom stereocenters. The van der Waals surface area contributed by atoms with Crippen molar-refractivity contribution in [1.29, 1.82) is 0 Å². The van der Waals surface area contributed by atoms with Crippen molar-refractivity contribution in [3.05, 3.63) is 27.3 Å². The molecule has 104 valence electrons. The summed E-state index contributed by atoms with van der Waals surface area (Å²) in [5, 5.41) is 0. The minimum Gasteiger partial charge on any atom is -0.323 e. The molecule has 0 N–H and O–H groups in total. The number of aromatic nitrogens is 2. The first-order valence-electron chi connectivity index (χ1n) is 6.08. The SMILES string of the molecule is CCSCC(C)n1c(CCl)nc2cc(I)c(F)cc21. The van der Waals surface area contributed by atoms with Gasteiger partial charge in [0.15, 0.2) is 0 Å². The summed E-state index contributed by atoms with van der Waals surface area (Å²) in [5.74, 6) is 2.99. The summed E-state index contributed by atoms with van der Waals surface area (Å²) >= 11 is 9.82. The molecule has 19 heavy (non-hydrogen) atoms. The molecule has 2 rings (SSSR count). The van der Waals surface area contributed by atoms with Crippen molar-refractivity contribution in [2.75, 3.05) is 11.5 Å². The molecule has 0 saturated heterocycles. The lowest BCUT2D eigenvalue weighted by Gasteiger charge is -2.16. The Morgan fingerprint density at radius 2 is 2.26 bits per heavy atom. The number of hydrogen-bond acceptors (Lipinski definition) is 2. The highest BCUT2D eigenvalue weighted by Gasteiger charge is 2.17. The summed E-state index contributed by atoms with van der Waals surface area (Å²) in [5.41, 5.74) is 1.65. The summed E-state index contributed by atoms with van der Waals surface area (Å²) in [7, 11) is 0. The minimum atomic E-state index is -0.203. The Balaban J connectivity index is 2.53. The van der Waals surface area contributed by atoms with Crippen LogP contribution in [0, 0.1) is 9.39 Å². The fourth-order valence-corrected chi connectivity index (χ4v) is 3.45. The number of imidazole rings is 1. The lowest BCUT2D eigenvalue weighted by Crippen LogP contribution is -2.11. The number of alkyl halides is 1. The molecule has 0 bridgehead atoms. The van der Waals surface area contributed by atoms with Gasteiger partial charge in [-0.25, -0.2) is 9.37 Å². The predicted molar refractivity (Wildman–Crippen MR) is 89.7 cm³/mol. The van der Waals surface area contributed by atoms with Crippen LogP contribution in [-0.2, 0) is 5.88 Å². The van der Waals surface area contributed by atoms with Crippen molar-refractivity contribution in [3.8, 4) is 0 Å². The van der Waals surface area contributed by atoms with Crippen molar-refractivity contribution in [2.24, 2.45) is 0 Å². The van der Waals surface area contributed by atoms with E-state index >= 15 is 0 Å². The third kappa shape index (κ3) is 3.19. The highest BCUT2D eigenvalue weighted by atomic mass is 127. The molecule has 0 amide bonds. The van der Waals surface area contributed by atoms with E-state index in [2.05, 4.69) is 23.4 Å². The molecule has 1 heterocycles. The third-order valence-electron chi connectivity index (χ3n) is 2.93. The van der Waals surface area contributed by atoms with Crippen LogP contribution in [0.4, 0.5) is 4.39 Å². The zero-order valence-corrected chi connectivity index (χ0v) is 14.5. The maximum absolute atomic E-state index is 13.8. The van der Waals surface area contributed by atoms with Gasteiger partial charge in [-0.15, -0.1) is 11.6 Å². The van der Waals surface area contributed by atoms with Gasteiger partial charge in [-0.05, 0) is 41.3 Å². The second kappa shape index (κ2) is 6.63. The molecule has 1 aromatic heterocycles. The Bertz CT molecular complexity index is 588. The zero-order valence-electron chi connectivity index (χ0n) is 10.8. The van der Waals surface area contributed by atoms with Crippen LogP contribution in [0.25, 0.3) is 11.0 Å².